The van der Waals surface area contributed by atoms with E-state index in [1.165, 1.54) is 5.06 Å². The highest BCUT2D eigenvalue weighted by Crippen LogP contribution is 2.36. The molecule has 2 atom stereocenters. The summed E-state index contributed by atoms with van der Waals surface area (Å²) in [4.78, 5) is 4.43. The van der Waals surface area contributed by atoms with Gasteiger partial charge in [-0.1, -0.05) is 50.6 Å². The smallest absolute Gasteiger partial charge is 0.0976 e. The van der Waals surface area contributed by atoms with E-state index in [4.69, 9.17) is 0 Å². The van der Waals surface area contributed by atoms with Crippen LogP contribution in [0.3, 0.4) is 0 Å². The van der Waals surface area contributed by atoms with Crippen LogP contribution < -0.4 is 5.06 Å². The highest BCUT2D eigenvalue weighted by molar-refractivity contribution is 5.96. The van der Waals surface area contributed by atoms with Gasteiger partial charge in [-0.2, -0.15) is 0 Å². The molecule has 0 saturated heterocycles. The predicted molar refractivity (Wildman–Crippen MR) is 78.3 cm³/mol. The third-order valence-electron chi connectivity index (χ3n) is 3.99. The number of benzene rings is 1. The van der Waals surface area contributed by atoms with Crippen LogP contribution in [0.4, 0.5) is 5.69 Å². The summed E-state index contributed by atoms with van der Waals surface area (Å²) in [5.74, 6) is 0.397. The number of anilines is 1. The summed E-state index contributed by atoms with van der Waals surface area (Å²) in [6, 6.07) is 8.04. The van der Waals surface area contributed by atoms with E-state index in [0.717, 1.165) is 28.6 Å². The van der Waals surface area contributed by atoms with Gasteiger partial charge in [0.1, 0.15) is 0 Å². The molecule has 2 aromatic rings. The Morgan fingerprint density at radius 2 is 2.21 bits per heavy atom. The molecule has 1 N–H and O–H groups in total. The second-order valence-electron chi connectivity index (χ2n) is 5.16. The molecule has 1 aliphatic rings. The normalized spacial score (nSPS) is 19.5. The predicted octanol–water partition coefficient (Wildman–Crippen LogP) is 3.87. The Morgan fingerprint density at radius 3 is 3.00 bits per heavy atom. The van der Waals surface area contributed by atoms with Gasteiger partial charge in [-0.3, -0.25) is 10.2 Å². The zero-order valence-electron chi connectivity index (χ0n) is 11.2. The minimum atomic E-state index is 0.0186. The van der Waals surface area contributed by atoms with E-state index in [1.54, 1.807) is 6.20 Å². The maximum atomic E-state index is 10.6. The van der Waals surface area contributed by atoms with Gasteiger partial charge in [0.25, 0.3) is 0 Å². The molecule has 1 aromatic carbocycles. The van der Waals surface area contributed by atoms with Gasteiger partial charge in [0, 0.05) is 17.1 Å². The second kappa shape index (κ2) is 4.67. The molecule has 19 heavy (non-hydrogen) atoms. The van der Waals surface area contributed by atoms with E-state index in [-0.39, 0.29) is 6.04 Å². The van der Waals surface area contributed by atoms with Crippen molar-refractivity contribution in [2.24, 2.45) is 5.92 Å². The molecule has 1 aromatic heterocycles. The van der Waals surface area contributed by atoms with Crippen LogP contribution in [0, 0.1) is 5.92 Å². The fraction of sp³-hybridized carbons (Fsp3) is 0.312. The standard InChI is InChI=1S/C16H18N2O/c1-3-11(2)14-9-8-13-7-6-12-5-4-10-17-15(12)16(13)18(14)19/h4-11,14,19H,3H2,1-2H3. The van der Waals surface area contributed by atoms with Crippen molar-refractivity contribution in [2.75, 3.05) is 5.06 Å². The van der Waals surface area contributed by atoms with Gasteiger partial charge < -0.3 is 0 Å². The minimum absolute atomic E-state index is 0.0186. The van der Waals surface area contributed by atoms with E-state index in [0.29, 0.717) is 5.92 Å². The van der Waals surface area contributed by atoms with Gasteiger partial charge in [0.2, 0.25) is 0 Å². The molecule has 3 nitrogen and oxygen atoms in total. The molecular weight excluding hydrogens is 236 g/mol. The molecule has 0 saturated carbocycles. The molecular formula is C16H18N2O. The van der Waals surface area contributed by atoms with E-state index in [9.17, 15) is 5.21 Å². The molecule has 0 aliphatic carbocycles. The van der Waals surface area contributed by atoms with Gasteiger partial charge in [-0.15, -0.1) is 0 Å². The summed E-state index contributed by atoms with van der Waals surface area (Å²) in [6.45, 7) is 4.30. The van der Waals surface area contributed by atoms with E-state index < -0.39 is 0 Å². The van der Waals surface area contributed by atoms with Crippen molar-refractivity contribution in [3.63, 3.8) is 0 Å². The summed E-state index contributed by atoms with van der Waals surface area (Å²) in [5.41, 5.74) is 2.71. The topological polar surface area (TPSA) is 36.4 Å². The summed E-state index contributed by atoms with van der Waals surface area (Å²) in [5, 5.41) is 13.0. The number of fused-ring (bicyclic) bond motifs is 3. The molecule has 0 bridgehead atoms. The second-order valence-corrected chi connectivity index (χ2v) is 5.16. The number of rotatable bonds is 2. The van der Waals surface area contributed by atoms with Crippen molar-refractivity contribution in [3.05, 3.63) is 42.1 Å². The van der Waals surface area contributed by atoms with Gasteiger partial charge in [-0.25, -0.2) is 5.06 Å². The summed E-state index contributed by atoms with van der Waals surface area (Å²) < 4.78 is 0. The first-order chi connectivity index (χ1) is 9.22. The van der Waals surface area contributed by atoms with Crippen molar-refractivity contribution < 1.29 is 5.21 Å². The molecule has 0 amide bonds. The van der Waals surface area contributed by atoms with Gasteiger partial charge in [0.15, 0.2) is 0 Å². The lowest BCUT2D eigenvalue weighted by molar-refractivity contribution is 0.205. The molecule has 98 valence electrons. The number of aromatic nitrogens is 1. The van der Waals surface area contributed by atoms with E-state index in [2.05, 4.69) is 31.0 Å². The fourth-order valence-corrected chi connectivity index (χ4v) is 2.63. The molecule has 0 fully saturated rings. The molecule has 1 aliphatic heterocycles. The van der Waals surface area contributed by atoms with Gasteiger partial charge in [0.05, 0.1) is 17.2 Å². The summed E-state index contributed by atoms with van der Waals surface area (Å²) in [7, 11) is 0. The first-order valence-corrected chi connectivity index (χ1v) is 6.76. The average Bonchev–Trinajstić information content (AvgIpc) is 2.46. The average molecular weight is 254 g/mol. The monoisotopic (exact) mass is 254 g/mol. The van der Waals surface area contributed by atoms with Gasteiger partial charge >= 0.3 is 0 Å². The van der Waals surface area contributed by atoms with E-state index >= 15 is 0 Å². The van der Waals surface area contributed by atoms with Crippen molar-refractivity contribution in [1.82, 2.24) is 4.98 Å². The van der Waals surface area contributed by atoms with Crippen LogP contribution in [0.25, 0.3) is 17.0 Å². The Bertz CT molecular complexity index is 636. The number of hydrogen-bond donors (Lipinski definition) is 1. The third-order valence-corrected chi connectivity index (χ3v) is 3.99. The Labute approximate surface area is 113 Å². The third kappa shape index (κ3) is 1.90. The van der Waals surface area contributed by atoms with Crippen LogP contribution in [-0.4, -0.2) is 16.2 Å². The van der Waals surface area contributed by atoms with Crippen molar-refractivity contribution >= 4 is 22.7 Å². The van der Waals surface area contributed by atoms with Crippen LogP contribution in [-0.2, 0) is 0 Å². The Hall–Kier alpha value is -1.87. The van der Waals surface area contributed by atoms with Crippen LogP contribution in [0.2, 0.25) is 0 Å². The minimum Gasteiger partial charge on any atom is -0.288 e. The highest BCUT2D eigenvalue weighted by Gasteiger charge is 2.27. The molecule has 0 spiro atoms. The number of hydrogen-bond acceptors (Lipinski definition) is 3. The Morgan fingerprint density at radius 1 is 1.37 bits per heavy atom. The number of hydroxylamine groups is 1. The largest absolute Gasteiger partial charge is 0.288 e. The van der Waals surface area contributed by atoms with Crippen molar-refractivity contribution in [1.29, 1.82) is 0 Å². The van der Waals surface area contributed by atoms with Gasteiger partial charge in [-0.05, 0) is 12.0 Å². The lowest BCUT2D eigenvalue weighted by Gasteiger charge is -2.34. The molecule has 3 heteroatoms. The maximum Gasteiger partial charge on any atom is 0.0976 e. The maximum absolute atomic E-state index is 10.6. The SMILES string of the molecule is CCC(C)C1C=Cc2ccc3cccnc3c2N1O. The lowest BCUT2D eigenvalue weighted by atomic mass is 9.93. The first kappa shape index (κ1) is 12.2. The van der Waals surface area contributed by atoms with Crippen LogP contribution in [0.1, 0.15) is 25.8 Å². The van der Waals surface area contributed by atoms with Crippen LogP contribution in [0.5, 0.6) is 0 Å². The molecule has 2 heterocycles. The Balaban J connectivity index is 2.17. The zero-order valence-corrected chi connectivity index (χ0v) is 11.2. The summed E-state index contributed by atoms with van der Waals surface area (Å²) >= 11 is 0. The first-order valence-electron chi connectivity index (χ1n) is 6.76. The molecule has 0 radical (unpaired) electrons. The number of pyridine rings is 1. The van der Waals surface area contributed by atoms with Crippen LogP contribution >= 0.6 is 0 Å². The number of nitrogens with zero attached hydrogens (tertiary/aromatic N) is 2. The van der Waals surface area contributed by atoms with Crippen molar-refractivity contribution in [2.45, 2.75) is 26.3 Å². The molecule has 2 unspecified atom stereocenters. The quantitative estimate of drug-likeness (QED) is 0.883. The van der Waals surface area contributed by atoms with E-state index in [1.807, 2.05) is 24.3 Å². The van der Waals surface area contributed by atoms with Crippen LogP contribution in [0.15, 0.2) is 36.5 Å². The zero-order chi connectivity index (χ0) is 13.4. The summed E-state index contributed by atoms with van der Waals surface area (Å²) in [6.07, 6.45) is 6.96. The highest BCUT2D eigenvalue weighted by atomic mass is 16.5. The molecule has 3 rings (SSSR count). The Kier molecular flexibility index (Phi) is 2.99. The van der Waals surface area contributed by atoms with Crippen molar-refractivity contribution in [3.8, 4) is 0 Å². The fourth-order valence-electron chi connectivity index (χ4n) is 2.63. The lowest BCUT2D eigenvalue weighted by Crippen LogP contribution is -2.38.